The zero-order chi connectivity index (χ0) is 14.3. The van der Waals surface area contributed by atoms with Gasteiger partial charge >= 0.3 is 0 Å². The van der Waals surface area contributed by atoms with Crippen LogP contribution in [0.25, 0.3) is 0 Å². The zero-order valence-electron chi connectivity index (χ0n) is 12.6. The predicted octanol–water partition coefficient (Wildman–Crippen LogP) is 0.731. The van der Waals surface area contributed by atoms with Gasteiger partial charge in [0, 0.05) is 13.1 Å². The summed E-state index contributed by atoms with van der Waals surface area (Å²) in [5.74, 6) is -0.261. The van der Waals surface area contributed by atoms with Crippen LogP contribution in [0.2, 0.25) is 0 Å². The Labute approximate surface area is 116 Å². The van der Waals surface area contributed by atoms with Crippen LogP contribution >= 0.6 is 0 Å². The number of carbonyl (C=O) groups is 1. The lowest BCUT2D eigenvalue weighted by Crippen LogP contribution is -2.53. The minimum absolute atomic E-state index is 0.261. The average Bonchev–Trinajstić information content (AvgIpc) is 2.39. The topological polar surface area (TPSA) is 67.6 Å². The van der Waals surface area contributed by atoms with Gasteiger partial charge in [-0.1, -0.05) is 13.8 Å². The molecule has 5 nitrogen and oxygen atoms in total. The Kier molecular flexibility index (Phi) is 6.75. The molecule has 1 amide bonds. The number of nitrogens with one attached hydrogen (secondary N) is 1. The largest absolute Gasteiger partial charge is 0.376 e. The number of amides is 1. The molecule has 1 saturated heterocycles. The summed E-state index contributed by atoms with van der Waals surface area (Å²) in [5.41, 5.74) is 4.91. The summed E-state index contributed by atoms with van der Waals surface area (Å²) in [6.07, 6.45) is 3.19. The van der Waals surface area contributed by atoms with Crippen LogP contribution in [0.15, 0.2) is 0 Å². The summed E-state index contributed by atoms with van der Waals surface area (Å²) >= 11 is 0. The van der Waals surface area contributed by atoms with E-state index < -0.39 is 5.54 Å². The van der Waals surface area contributed by atoms with Crippen LogP contribution in [0.1, 0.15) is 40.0 Å². The van der Waals surface area contributed by atoms with Crippen molar-refractivity contribution in [3.05, 3.63) is 0 Å². The molecule has 3 N–H and O–H groups in total. The van der Waals surface area contributed by atoms with Gasteiger partial charge in [0.05, 0.1) is 18.2 Å². The maximum atomic E-state index is 11.5. The highest BCUT2D eigenvalue weighted by Gasteiger charge is 2.29. The van der Waals surface area contributed by atoms with Crippen LogP contribution in [0.5, 0.6) is 0 Å². The standard InChI is InChI=1S/C14H29N3O2/c1-4-12-11-17(9-10-19-12)8-6-7-14(3,13(15)18)16-5-2/h12,16H,4-11H2,1-3H3,(H2,15,18). The van der Waals surface area contributed by atoms with Crippen LogP contribution in [0.3, 0.4) is 0 Å². The molecule has 0 aromatic rings. The zero-order valence-corrected chi connectivity index (χ0v) is 12.6. The van der Waals surface area contributed by atoms with Gasteiger partial charge in [-0.25, -0.2) is 0 Å². The van der Waals surface area contributed by atoms with E-state index in [9.17, 15) is 4.79 Å². The number of morpholine rings is 1. The molecule has 1 fully saturated rings. The number of likely N-dealkylation sites (N-methyl/N-ethyl adjacent to an activating group) is 1. The van der Waals surface area contributed by atoms with E-state index in [1.807, 2.05) is 13.8 Å². The third-order valence-electron chi connectivity index (χ3n) is 3.94. The Morgan fingerprint density at radius 2 is 2.26 bits per heavy atom. The molecular formula is C14H29N3O2. The van der Waals surface area contributed by atoms with Crippen molar-refractivity contribution in [2.75, 3.05) is 32.8 Å². The van der Waals surface area contributed by atoms with Gasteiger partial charge in [-0.05, 0) is 39.3 Å². The number of carbonyl (C=O) groups excluding carboxylic acids is 1. The van der Waals surface area contributed by atoms with E-state index in [1.165, 1.54) is 0 Å². The Balaban J connectivity index is 2.33. The smallest absolute Gasteiger partial charge is 0.237 e. The van der Waals surface area contributed by atoms with Crippen molar-refractivity contribution in [1.82, 2.24) is 10.2 Å². The molecule has 2 atom stereocenters. The molecule has 5 heteroatoms. The lowest BCUT2D eigenvalue weighted by Gasteiger charge is -2.33. The molecule has 0 radical (unpaired) electrons. The Hall–Kier alpha value is -0.650. The van der Waals surface area contributed by atoms with E-state index in [1.54, 1.807) is 0 Å². The molecule has 0 bridgehead atoms. The van der Waals surface area contributed by atoms with Crippen LogP contribution in [-0.2, 0) is 9.53 Å². The molecule has 1 aliphatic rings. The first-order valence-electron chi connectivity index (χ1n) is 7.40. The monoisotopic (exact) mass is 271 g/mol. The van der Waals surface area contributed by atoms with Gasteiger partial charge in [0.25, 0.3) is 0 Å². The lowest BCUT2D eigenvalue weighted by molar-refractivity contribution is -0.124. The molecule has 1 heterocycles. The van der Waals surface area contributed by atoms with Crippen molar-refractivity contribution in [3.63, 3.8) is 0 Å². The second-order valence-corrected chi connectivity index (χ2v) is 5.53. The Morgan fingerprint density at radius 3 is 2.84 bits per heavy atom. The van der Waals surface area contributed by atoms with Crippen LogP contribution in [-0.4, -0.2) is 55.2 Å². The fourth-order valence-corrected chi connectivity index (χ4v) is 2.58. The fourth-order valence-electron chi connectivity index (χ4n) is 2.58. The third kappa shape index (κ3) is 5.09. The van der Waals surface area contributed by atoms with Gasteiger partial charge in [-0.15, -0.1) is 0 Å². The number of rotatable bonds is 8. The minimum Gasteiger partial charge on any atom is -0.376 e. The first-order valence-corrected chi connectivity index (χ1v) is 7.40. The second-order valence-electron chi connectivity index (χ2n) is 5.53. The van der Waals surface area contributed by atoms with Crippen molar-refractivity contribution < 1.29 is 9.53 Å². The second kappa shape index (κ2) is 7.82. The quantitative estimate of drug-likeness (QED) is 0.683. The molecule has 1 rings (SSSR count). The molecule has 0 aromatic carbocycles. The first kappa shape index (κ1) is 16.4. The summed E-state index contributed by atoms with van der Waals surface area (Å²) in [7, 11) is 0. The van der Waals surface area contributed by atoms with Crippen molar-refractivity contribution in [2.45, 2.75) is 51.7 Å². The summed E-state index contributed by atoms with van der Waals surface area (Å²) in [4.78, 5) is 13.9. The van der Waals surface area contributed by atoms with Crippen molar-refractivity contribution in [1.29, 1.82) is 0 Å². The molecule has 19 heavy (non-hydrogen) atoms. The molecule has 2 unspecified atom stereocenters. The van der Waals surface area contributed by atoms with Crippen LogP contribution in [0.4, 0.5) is 0 Å². The highest BCUT2D eigenvalue weighted by atomic mass is 16.5. The fraction of sp³-hybridized carbons (Fsp3) is 0.929. The van der Waals surface area contributed by atoms with Gasteiger partial charge in [0.2, 0.25) is 5.91 Å². The number of hydrogen-bond donors (Lipinski definition) is 2. The summed E-state index contributed by atoms with van der Waals surface area (Å²) in [6.45, 7) is 10.6. The van der Waals surface area contributed by atoms with Crippen molar-refractivity contribution in [2.24, 2.45) is 5.73 Å². The number of primary amides is 1. The number of ether oxygens (including phenoxy) is 1. The minimum atomic E-state index is -0.578. The molecule has 0 spiro atoms. The van der Waals surface area contributed by atoms with E-state index in [0.717, 1.165) is 52.0 Å². The molecule has 0 aromatic heterocycles. The summed E-state index contributed by atoms with van der Waals surface area (Å²) in [5, 5.41) is 3.20. The first-order chi connectivity index (χ1) is 9.01. The summed E-state index contributed by atoms with van der Waals surface area (Å²) in [6, 6.07) is 0. The Morgan fingerprint density at radius 1 is 1.53 bits per heavy atom. The molecular weight excluding hydrogens is 242 g/mol. The Bertz CT molecular complexity index is 286. The van der Waals surface area contributed by atoms with Gasteiger partial charge in [-0.3, -0.25) is 9.69 Å². The highest BCUT2D eigenvalue weighted by Crippen LogP contribution is 2.14. The van der Waals surface area contributed by atoms with E-state index >= 15 is 0 Å². The van der Waals surface area contributed by atoms with Crippen molar-refractivity contribution >= 4 is 5.91 Å². The molecule has 112 valence electrons. The summed E-state index contributed by atoms with van der Waals surface area (Å²) < 4.78 is 5.65. The van der Waals surface area contributed by atoms with Crippen LogP contribution in [0, 0.1) is 0 Å². The van der Waals surface area contributed by atoms with E-state index in [2.05, 4.69) is 17.1 Å². The van der Waals surface area contributed by atoms with Crippen LogP contribution < -0.4 is 11.1 Å². The lowest BCUT2D eigenvalue weighted by atomic mass is 9.94. The predicted molar refractivity (Wildman–Crippen MR) is 77.0 cm³/mol. The number of nitrogens with zero attached hydrogens (tertiary/aromatic N) is 1. The maximum Gasteiger partial charge on any atom is 0.237 e. The van der Waals surface area contributed by atoms with Crippen molar-refractivity contribution in [3.8, 4) is 0 Å². The number of hydrogen-bond acceptors (Lipinski definition) is 4. The normalized spacial score (nSPS) is 24.1. The average molecular weight is 271 g/mol. The SMILES string of the molecule is CCNC(C)(CCCN1CCOC(CC)C1)C(N)=O. The van der Waals surface area contributed by atoms with E-state index in [4.69, 9.17) is 10.5 Å². The molecule has 0 aliphatic carbocycles. The molecule has 1 aliphatic heterocycles. The highest BCUT2D eigenvalue weighted by molar-refractivity contribution is 5.84. The van der Waals surface area contributed by atoms with Gasteiger partial charge in [0.1, 0.15) is 0 Å². The maximum absolute atomic E-state index is 11.5. The number of nitrogens with two attached hydrogens (primary N) is 1. The van der Waals surface area contributed by atoms with Gasteiger partial charge < -0.3 is 15.8 Å². The van der Waals surface area contributed by atoms with E-state index in [-0.39, 0.29) is 5.91 Å². The van der Waals surface area contributed by atoms with E-state index in [0.29, 0.717) is 6.10 Å². The third-order valence-corrected chi connectivity index (χ3v) is 3.94. The van der Waals surface area contributed by atoms with Gasteiger partial charge in [0.15, 0.2) is 0 Å². The van der Waals surface area contributed by atoms with Gasteiger partial charge in [-0.2, -0.15) is 0 Å². The molecule has 0 saturated carbocycles.